The highest BCUT2D eigenvalue weighted by Gasteiger charge is 2.30. The molecule has 7 heteroatoms. The molecule has 0 radical (unpaired) electrons. The maximum absolute atomic E-state index is 11.7. The number of hydrogen-bond donors (Lipinski definition) is 2. The Labute approximate surface area is 113 Å². The fourth-order valence-corrected chi connectivity index (χ4v) is 5.03. The monoisotopic (exact) mass is 295 g/mol. The summed E-state index contributed by atoms with van der Waals surface area (Å²) in [7, 11) is -2.88. The molecule has 1 amide bonds. The van der Waals surface area contributed by atoms with E-state index in [1.54, 1.807) is 20.8 Å². The minimum atomic E-state index is -2.88. The number of hydrogen-bond acceptors (Lipinski definition) is 5. The predicted octanol–water partition coefficient (Wildman–Crippen LogP) is 0.182. The molecule has 106 valence electrons. The lowest BCUT2D eigenvalue weighted by atomic mass is 9.99. The Balaban J connectivity index is 2.35. The average molecular weight is 295 g/mol. The van der Waals surface area contributed by atoms with Gasteiger partial charge in [-0.2, -0.15) is 0 Å². The Morgan fingerprint density at radius 3 is 2.61 bits per heavy atom. The lowest BCUT2D eigenvalue weighted by Crippen LogP contribution is -2.51. The summed E-state index contributed by atoms with van der Waals surface area (Å²) in [5, 5.41) is 12.2. The molecule has 0 aromatic heterocycles. The second-order valence-corrected chi connectivity index (χ2v) is 8.80. The summed E-state index contributed by atoms with van der Waals surface area (Å²) in [6.07, 6.45) is -0.0154. The quantitative estimate of drug-likeness (QED) is 0.756. The molecule has 2 unspecified atom stereocenters. The van der Waals surface area contributed by atoms with E-state index < -0.39 is 21.5 Å². The summed E-state index contributed by atoms with van der Waals surface area (Å²) < 4.78 is 22.5. The first-order valence-corrected chi connectivity index (χ1v) is 8.80. The minimum Gasteiger partial charge on any atom is -0.391 e. The summed E-state index contributed by atoms with van der Waals surface area (Å²) >= 11 is 1.37. The third kappa shape index (κ3) is 4.78. The van der Waals surface area contributed by atoms with Crippen molar-refractivity contribution in [3.8, 4) is 0 Å². The molecule has 0 aromatic carbocycles. The van der Waals surface area contributed by atoms with Gasteiger partial charge in [-0.1, -0.05) is 0 Å². The zero-order valence-corrected chi connectivity index (χ0v) is 12.6. The van der Waals surface area contributed by atoms with Crippen molar-refractivity contribution in [1.82, 2.24) is 5.32 Å². The molecule has 0 bridgehead atoms. The first-order valence-electron chi connectivity index (χ1n) is 5.93. The van der Waals surface area contributed by atoms with Gasteiger partial charge in [0.15, 0.2) is 9.84 Å². The number of carbonyl (C=O) groups is 1. The molecule has 1 heterocycles. The first-order chi connectivity index (χ1) is 8.12. The van der Waals surface area contributed by atoms with Crippen molar-refractivity contribution in [3.05, 3.63) is 0 Å². The molecular formula is C11H21NO4S2. The highest BCUT2D eigenvalue weighted by atomic mass is 32.2. The van der Waals surface area contributed by atoms with E-state index in [1.165, 1.54) is 11.8 Å². The van der Waals surface area contributed by atoms with E-state index in [4.69, 9.17) is 0 Å². The molecule has 2 atom stereocenters. The summed E-state index contributed by atoms with van der Waals surface area (Å²) in [4.78, 5) is 11.7. The van der Waals surface area contributed by atoms with Crippen LogP contribution >= 0.6 is 11.8 Å². The van der Waals surface area contributed by atoms with Crippen molar-refractivity contribution in [3.63, 3.8) is 0 Å². The SMILES string of the molecule is CC(O)C(C)(C)NC(=O)CSC1CCS(=O)(=O)C1. The standard InChI is InChI=1S/C11H21NO4S2/c1-8(13)11(2,3)12-10(14)6-17-9-4-5-18(15,16)7-9/h8-9,13H,4-7H2,1-3H3,(H,12,14). The molecule has 0 aromatic rings. The number of thioether (sulfide) groups is 1. The lowest BCUT2D eigenvalue weighted by molar-refractivity contribution is -0.121. The van der Waals surface area contributed by atoms with Crippen LogP contribution in [-0.2, 0) is 14.6 Å². The molecule has 1 saturated heterocycles. The van der Waals surface area contributed by atoms with Crippen LogP contribution in [0.2, 0.25) is 0 Å². The van der Waals surface area contributed by atoms with Crippen LogP contribution in [0.25, 0.3) is 0 Å². The van der Waals surface area contributed by atoms with E-state index in [1.807, 2.05) is 0 Å². The maximum Gasteiger partial charge on any atom is 0.230 e. The van der Waals surface area contributed by atoms with Gasteiger partial charge in [0.05, 0.1) is 28.9 Å². The molecule has 5 nitrogen and oxygen atoms in total. The highest BCUT2D eigenvalue weighted by molar-refractivity contribution is 8.02. The summed E-state index contributed by atoms with van der Waals surface area (Å²) in [5.41, 5.74) is -0.667. The maximum atomic E-state index is 11.7. The molecular weight excluding hydrogens is 274 g/mol. The van der Waals surface area contributed by atoms with Crippen LogP contribution in [0.5, 0.6) is 0 Å². The number of carbonyl (C=O) groups excluding carboxylic acids is 1. The topological polar surface area (TPSA) is 83.5 Å². The molecule has 1 fully saturated rings. The predicted molar refractivity (Wildman–Crippen MR) is 73.4 cm³/mol. The normalized spacial score (nSPS) is 24.8. The molecule has 1 aliphatic rings. The van der Waals surface area contributed by atoms with Crippen molar-refractivity contribution in [2.45, 2.75) is 44.1 Å². The molecule has 0 aliphatic carbocycles. The Morgan fingerprint density at radius 2 is 2.17 bits per heavy atom. The molecule has 18 heavy (non-hydrogen) atoms. The van der Waals surface area contributed by atoms with Crippen molar-refractivity contribution < 1.29 is 18.3 Å². The van der Waals surface area contributed by atoms with Gasteiger partial charge < -0.3 is 10.4 Å². The van der Waals surface area contributed by atoms with E-state index in [2.05, 4.69) is 5.32 Å². The van der Waals surface area contributed by atoms with Gasteiger partial charge in [-0.25, -0.2) is 8.42 Å². The van der Waals surface area contributed by atoms with Gasteiger partial charge in [0.2, 0.25) is 5.91 Å². The molecule has 1 aliphatic heterocycles. The smallest absolute Gasteiger partial charge is 0.230 e. The van der Waals surface area contributed by atoms with Crippen LogP contribution in [0.1, 0.15) is 27.2 Å². The summed E-state index contributed by atoms with van der Waals surface area (Å²) in [6, 6.07) is 0. The van der Waals surface area contributed by atoms with Crippen molar-refractivity contribution in [2.24, 2.45) is 0 Å². The molecule has 0 saturated carbocycles. The lowest BCUT2D eigenvalue weighted by Gasteiger charge is -2.29. The summed E-state index contributed by atoms with van der Waals surface area (Å²) in [6.45, 7) is 5.12. The van der Waals surface area contributed by atoms with Crippen molar-refractivity contribution >= 4 is 27.5 Å². The van der Waals surface area contributed by atoms with Gasteiger partial charge in [0, 0.05) is 5.25 Å². The number of sulfone groups is 1. The third-order valence-corrected chi connectivity index (χ3v) is 6.43. The van der Waals surface area contributed by atoms with Crippen LogP contribution in [-0.4, -0.2) is 53.6 Å². The fourth-order valence-electron chi connectivity index (χ4n) is 1.59. The molecule has 0 spiro atoms. The summed E-state index contributed by atoms with van der Waals surface area (Å²) in [5.74, 6) is 0.460. The van der Waals surface area contributed by atoms with E-state index in [-0.39, 0.29) is 28.4 Å². The van der Waals surface area contributed by atoms with Crippen LogP contribution in [0.15, 0.2) is 0 Å². The van der Waals surface area contributed by atoms with Gasteiger partial charge in [-0.3, -0.25) is 4.79 Å². The molecule has 2 N–H and O–H groups in total. The highest BCUT2D eigenvalue weighted by Crippen LogP contribution is 2.24. The van der Waals surface area contributed by atoms with Crippen LogP contribution in [0.4, 0.5) is 0 Å². The van der Waals surface area contributed by atoms with Crippen molar-refractivity contribution in [1.29, 1.82) is 0 Å². The van der Waals surface area contributed by atoms with E-state index in [9.17, 15) is 18.3 Å². The number of nitrogens with one attached hydrogen (secondary N) is 1. The second-order valence-electron chi connectivity index (χ2n) is 5.28. The minimum absolute atomic E-state index is 0.0235. The van der Waals surface area contributed by atoms with Crippen molar-refractivity contribution in [2.75, 3.05) is 17.3 Å². The third-order valence-electron chi connectivity index (χ3n) is 3.15. The van der Waals surface area contributed by atoms with E-state index in [0.717, 1.165) is 0 Å². The zero-order chi connectivity index (χ0) is 14.0. The Bertz CT molecular complexity index is 403. The number of aliphatic hydroxyl groups excluding tert-OH is 1. The van der Waals surface area contributed by atoms with Gasteiger partial charge in [-0.15, -0.1) is 11.8 Å². The van der Waals surface area contributed by atoms with Crippen LogP contribution < -0.4 is 5.32 Å². The van der Waals surface area contributed by atoms with E-state index >= 15 is 0 Å². The second kappa shape index (κ2) is 5.79. The molecule has 1 rings (SSSR count). The number of rotatable bonds is 5. The van der Waals surface area contributed by atoms with Gasteiger partial charge in [0.25, 0.3) is 0 Å². The van der Waals surface area contributed by atoms with E-state index in [0.29, 0.717) is 6.42 Å². The van der Waals surface area contributed by atoms with Gasteiger partial charge in [0.1, 0.15) is 0 Å². The number of aliphatic hydroxyl groups is 1. The Hall–Kier alpha value is -0.270. The Kier molecular flexibility index (Phi) is 5.08. The Morgan fingerprint density at radius 1 is 1.56 bits per heavy atom. The van der Waals surface area contributed by atoms with Gasteiger partial charge >= 0.3 is 0 Å². The zero-order valence-electron chi connectivity index (χ0n) is 11.0. The van der Waals surface area contributed by atoms with Gasteiger partial charge in [-0.05, 0) is 27.2 Å². The largest absolute Gasteiger partial charge is 0.391 e. The average Bonchev–Trinajstić information content (AvgIpc) is 2.54. The van der Waals surface area contributed by atoms with Crippen LogP contribution in [0.3, 0.4) is 0 Å². The first kappa shape index (κ1) is 15.8. The van der Waals surface area contributed by atoms with Crippen LogP contribution in [0, 0.1) is 0 Å². The fraction of sp³-hybridized carbons (Fsp3) is 0.909. The number of amides is 1.